The molecule has 0 spiro atoms. The monoisotopic (exact) mass is 326 g/mol. The Morgan fingerprint density at radius 3 is 2.26 bits per heavy atom. The Morgan fingerprint density at radius 1 is 1.32 bits per heavy atom. The highest BCUT2D eigenvalue weighted by Crippen LogP contribution is 2.22. The largest absolute Gasteiger partial charge is 0.348 e. The van der Waals surface area contributed by atoms with Gasteiger partial charge in [-0.25, -0.2) is 0 Å². The highest BCUT2D eigenvalue weighted by atomic mass is 79.9. The molecule has 0 radical (unpaired) electrons. The lowest BCUT2D eigenvalue weighted by Crippen LogP contribution is -2.49. The van der Waals surface area contributed by atoms with Crippen molar-refractivity contribution in [1.82, 2.24) is 5.32 Å². The van der Waals surface area contributed by atoms with E-state index in [4.69, 9.17) is 5.73 Å². The summed E-state index contributed by atoms with van der Waals surface area (Å²) in [5.74, 6) is -0.0951. The second kappa shape index (κ2) is 6.53. The summed E-state index contributed by atoms with van der Waals surface area (Å²) in [6, 6.07) is 7.50. The van der Waals surface area contributed by atoms with E-state index in [9.17, 15) is 4.79 Å². The Labute approximate surface area is 124 Å². The summed E-state index contributed by atoms with van der Waals surface area (Å²) in [6.07, 6.45) is 0.838. The van der Waals surface area contributed by atoms with E-state index in [1.54, 1.807) is 0 Å². The molecule has 4 heteroatoms. The van der Waals surface area contributed by atoms with Crippen molar-refractivity contribution in [2.24, 2.45) is 11.1 Å². The molecule has 0 aliphatic heterocycles. The SMILES string of the molecule is CCC(NC(=O)[C@@H](N)C(C)(C)C)c1ccc(Br)cc1. The van der Waals surface area contributed by atoms with Gasteiger partial charge in [-0.3, -0.25) is 4.79 Å². The van der Waals surface area contributed by atoms with Gasteiger partial charge in [0.1, 0.15) is 0 Å². The van der Waals surface area contributed by atoms with Crippen molar-refractivity contribution in [3.8, 4) is 0 Å². The number of hydrogen-bond acceptors (Lipinski definition) is 2. The van der Waals surface area contributed by atoms with Gasteiger partial charge >= 0.3 is 0 Å². The molecule has 0 fully saturated rings. The van der Waals surface area contributed by atoms with Crippen molar-refractivity contribution in [2.45, 2.75) is 46.2 Å². The average molecular weight is 327 g/mol. The van der Waals surface area contributed by atoms with Gasteiger partial charge in [-0.05, 0) is 29.5 Å². The molecule has 3 nitrogen and oxygen atoms in total. The Balaban J connectivity index is 2.78. The Morgan fingerprint density at radius 2 is 1.84 bits per heavy atom. The number of halogens is 1. The zero-order chi connectivity index (χ0) is 14.6. The lowest BCUT2D eigenvalue weighted by molar-refractivity contribution is -0.125. The molecule has 1 unspecified atom stereocenters. The molecule has 0 bridgehead atoms. The van der Waals surface area contributed by atoms with Gasteiger partial charge in [0.2, 0.25) is 5.91 Å². The summed E-state index contributed by atoms with van der Waals surface area (Å²) in [7, 11) is 0. The first-order valence-corrected chi connectivity index (χ1v) is 7.36. The first kappa shape index (κ1) is 16.2. The third kappa shape index (κ3) is 4.62. The van der Waals surface area contributed by atoms with Crippen molar-refractivity contribution in [3.63, 3.8) is 0 Å². The van der Waals surface area contributed by atoms with Crippen LogP contribution in [0, 0.1) is 5.41 Å². The maximum atomic E-state index is 12.2. The standard InChI is InChI=1S/C15H23BrN2O/c1-5-12(10-6-8-11(16)9-7-10)18-14(19)13(17)15(2,3)4/h6-9,12-13H,5,17H2,1-4H3,(H,18,19)/t12?,13-/m1/s1. The number of rotatable bonds is 4. The lowest BCUT2D eigenvalue weighted by Gasteiger charge is -2.28. The van der Waals surface area contributed by atoms with Gasteiger partial charge in [-0.1, -0.05) is 55.8 Å². The number of nitrogens with one attached hydrogen (secondary N) is 1. The van der Waals surface area contributed by atoms with Crippen LogP contribution in [0.3, 0.4) is 0 Å². The van der Waals surface area contributed by atoms with Gasteiger partial charge in [0.15, 0.2) is 0 Å². The smallest absolute Gasteiger partial charge is 0.237 e. The highest BCUT2D eigenvalue weighted by Gasteiger charge is 2.28. The van der Waals surface area contributed by atoms with Crippen LogP contribution in [0.4, 0.5) is 0 Å². The number of benzene rings is 1. The van der Waals surface area contributed by atoms with Crippen molar-refractivity contribution in [3.05, 3.63) is 34.3 Å². The molecule has 106 valence electrons. The summed E-state index contributed by atoms with van der Waals surface area (Å²) in [5.41, 5.74) is 6.84. The summed E-state index contributed by atoms with van der Waals surface area (Å²) in [4.78, 5) is 12.2. The second-order valence-corrected chi connectivity index (χ2v) is 6.78. The number of amides is 1. The molecule has 0 saturated carbocycles. The maximum absolute atomic E-state index is 12.2. The first-order chi connectivity index (χ1) is 8.75. The predicted octanol–water partition coefficient (Wildman–Crippen LogP) is 3.39. The summed E-state index contributed by atoms with van der Waals surface area (Å²) in [6.45, 7) is 7.96. The van der Waals surface area contributed by atoms with E-state index in [1.165, 1.54) is 0 Å². The Hall–Kier alpha value is -0.870. The van der Waals surface area contributed by atoms with Gasteiger partial charge in [0.05, 0.1) is 12.1 Å². The molecule has 0 heterocycles. The second-order valence-electron chi connectivity index (χ2n) is 5.86. The third-order valence-corrected chi connectivity index (χ3v) is 3.74. The highest BCUT2D eigenvalue weighted by molar-refractivity contribution is 9.10. The van der Waals surface area contributed by atoms with Gasteiger partial charge < -0.3 is 11.1 Å². The van der Waals surface area contributed by atoms with Crippen LogP contribution < -0.4 is 11.1 Å². The van der Waals surface area contributed by atoms with Crippen LogP contribution in [0.15, 0.2) is 28.7 Å². The Bertz CT molecular complexity index is 423. The van der Waals surface area contributed by atoms with Crippen LogP contribution in [-0.4, -0.2) is 11.9 Å². The normalized spacial score (nSPS) is 14.8. The third-order valence-electron chi connectivity index (χ3n) is 3.21. The molecule has 1 aromatic carbocycles. The molecular weight excluding hydrogens is 304 g/mol. The molecule has 1 aromatic rings. The molecule has 1 rings (SSSR count). The van der Waals surface area contributed by atoms with Crippen molar-refractivity contribution in [2.75, 3.05) is 0 Å². The lowest BCUT2D eigenvalue weighted by atomic mass is 9.86. The van der Waals surface area contributed by atoms with Crippen molar-refractivity contribution < 1.29 is 4.79 Å². The van der Waals surface area contributed by atoms with Crippen LogP contribution in [0.1, 0.15) is 45.7 Å². The number of hydrogen-bond donors (Lipinski definition) is 2. The molecule has 19 heavy (non-hydrogen) atoms. The predicted molar refractivity (Wildman–Crippen MR) is 82.7 cm³/mol. The quantitative estimate of drug-likeness (QED) is 0.891. The zero-order valence-electron chi connectivity index (χ0n) is 12.0. The molecule has 3 N–H and O–H groups in total. The fourth-order valence-electron chi connectivity index (χ4n) is 1.77. The number of carbonyl (C=O) groups excluding carboxylic acids is 1. The summed E-state index contributed by atoms with van der Waals surface area (Å²) < 4.78 is 1.03. The molecule has 1 amide bonds. The van der Waals surface area contributed by atoms with E-state index in [2.05, 4.69) is 28.2 Å². The molecular formula is C15H23BrN2O. The minimum atomic E-state index is -0.503. The first-order valence-electron chi connectivity index (χ1n) is 6.57. The van der Waals surface area contributed by atoms with Gasteiger partial charge in [0, 0.05) is 4.47 Å². The van der Waals surface area contributed by atoms with E-state index in [1.807, 2.05) is 45.0 Å². The average Bonchev–Trinajstić information content (AvgIpc) is 2.34. The summed E-state index contributed by atoms with van der Waals surface area (Å²) in [5, 5.41) is 3.03. The summed E-state index contributed by atoms with van der Waals surface area (Å²) >= 11 is 3.41. The Kier molecular flexibility index (Phi) is 5.56. The molecule has 2 atom stereocenters. The van der Waals surface area contributed by atoms with Crippen LogP contribution in [0.25, 0.3) is 0 Å². The van der Waals surface area contributed by atoms with Crippen LogP contribution in [-0.2, 0) is 4.79 Å². The molecule has 0 aliphatic rings. The van der Waals surface area contributed by atoms with E-state index in [0.717, 1.165) is 16.5 Å². The van der Waals surface area contributed by atoms with Gasteiger partial charge in [-0.2, -0.15) is 0 Å². The van der Waals surface area contributed by atoms with E-state index in [-0.39, 0.29) is 17.4 Å². The van der Waals surface area contributed by atoms with Gasteiger partial charge in [-0.15, -0.1) is 0 Å². The molecule has 0 saturated heterocycles. The van der Waals surface area contributed by atoms with Crippen LogP contribution in [0.2, 0.25) is 0 Å². The number of nitrogens with two attached hydrogens (primary N) is 1. The number of carbonyl (C=O) groups is 1. The van der Waals surface area contributed by atoms with E-state index >= 15 is 0 Å². The van der Waals surface area contributed by atoms with Gasteiger partial charge in [0.25, 0.3) is 0 Å². The van der Waals surface area contributed by atoms with E-state index < -0.39 is 6.04 Å². The van der Waals surface area contributed by atoms with Crippen LogP contribution in [0.5, 0.6) is 0 Å². The fraction of sp³-hybridized carbons (Fsp3) is 0.533. The maximum Gasteiger partial charge on any atom is 0.237 e. The molecule has 0 aliphatic carbocycles. The minimum Gasteiger partial charge on any atom is -0.348 e. The van der Waals surface area contributed by atoms with Crippen molar-refractivity contribution in [1.29, 1.82) is 0 Å². The van der Waals surface area contributed by atoms with E-state index in [0.29, 0.717) is 0 Å². The fourth-order valence-corrected chi connectivity index (χ4v) is 2.04. The zero-order valence-corrected chi connectivity index (χ0v) is 13.6. The minimum absolute atomic E-state index is 0.00833. The molecule has 0 aromatic heterocycles. The van der Waals surface area contributed by atoms with Crippen LogP contribution >= 0.6 is 15.9 Å². The van der Waals surface area contributed by atoms with Crippen molar-refractivity contribution >= 4 is 21.8 Å². The topological polar surface area (TPSA) is 55.1 Å².